The molecule has 4 aliphatic rings. The predicted octanol–water partition coefficient (Wildman–Crippen LogP) is 5.30. The molecule has 2 saturated heterocycles. The molecule has 3 N–H and O–H groups in total. The lowest BCUT2D eigenvalue weighted by Crippen LogP contribution is -2.34. The molecule has 0 radical (unpaired) electrons. The minimum absolute atomic E-state index is 0.00898. The van der Waals surface area contributed by atoms with E-state index in [-0.39, 0.29) is 58.3 Å². The van der Waals surface area contributed by atoms with Gasteiger partial charge >= 0.3 is 11.9 Å². The van der Waals surface area contributed by atoms with Crippen LogP contribution in [0, 0.1) is 5.92 Å². The van der Waals surface area contributed by atoms with E-state index >= 15 is 0 Å². The van der Waals surface area contributed by atoms with E-state index in [1.54, 1.807) is 30.0 Å². The number of carboxylic acids is 1. The molecule has 3 heterocycles. The summed E-state index contributed by atoms with van der Waals surface area (Å²) in [6.07, 6.45) is 0.565. The molecular formula is C37H28N2O10S. The lowest BCUT2D eigenvalue weighted by Gasteiger charge is -2.17. The number of hydrogen-bond acceptors (Lipinski definition) is 10. The number of imide groups is 1. The molecule has 2 atom stereocenters. The van der Waals surface area contributed by atoms with Crippen molar-refractivity contribution in [1.29, 1.82) is 0 Å². The number of phenols is 1. The Hall–Kier alpha value is -5.95. The molecule has 12 nitrogen and oxygen atoms in total. The first-order chi connectivity index (χ1) is 24.0. The summed E-state index contributed by atoms with van der Waals surface area (Å²) in [5.74, 6) is -3.17. The molecule has 50 heavy (non-hydrogen) atoms. The number of hydrogen-bond donors (Lipinski definition) is 3. The zero-order chi connectivity index (χ0) is 35.1. The van der Waals surface area contributed by atoms with Crippen LogP contribution in [0.25, 0.3) is 33.4 Å². The molecule has 3 aromatic carbocycles. The van der Waals surface area contributed by atoms with Crippen molar-refractivity contribution in [3.63, 3.8) is 0 Å². The van der Waals surface area contributed by atoms with Gasteiger partial charge in [-0.15, -0.1) is 5.06 Å². The van der Waals surface area contributed by atoms with Crippen molar-refractivity contribution in [2.45, 2.75) is 31.1 Å². The van der Waals surface area contributed by atoms with Crippen LogP contribution < -0.4 is 10.7 Å². The number of nitrogens with one attached hydrogen (secondary N) is 1. The molecule has 0 aromatic heterocycles. The summed E-state index contributed by atoms with van der Waals surface area (Å²) >= 11 is 1.58. The number of benzene rings is 4. The number of hydroxylamine groups is 2. The highest BCUT2D eigenvalue weighted by molar-refractivity contribution is 7.99. The predicted molar refractivity (Wildman–Crippen MR) is 181 cm³/mol. The molecule has 3 aliphatic heterocycles. The van der Waals surface area contributed by atoms with E-state index in [0.29, 0.717) is 39.3 Å². The fourth-order valence-electron chi connectivity index (χ4n) is 6.21. The van der Waals surface area contributed by atoms with Crippen LogP contribution in [0.4, 0.5) is 0 Å². The van der Waals surface area contributed by atoms with Gasteiger partial charge < -0.3 is 24.8 Å². The third kappa shape index (κ3) is 6.30. The number of carbonyl (C=O) groups is 5. The van der Waals surface area contributed by atoms with Crippen molar-refractivity contribution in [3.8, 4) is 28.2 Å². The molecular weight excluding hydrogens is 664 g/mol. The maximum Gasteiger partial charge on any atom is 0.337 e. The average Bonchev–Trinajstić information content (AvgIpc) is 3.72. The summed E-state index contributed by atoms with van der Waals surface area (Å²) in [5.41, 5.74) is 3.01. The summed E-state index contributed by atoms with van der Waals surface area (Å²) < 4.78 is 5.87. The molecule has 2 unspecified atom stereocenters. The molecule has 2 fully saturated rings. The van der Waals surface area contributed by atoms with E-state index in [1.807, 2.05) is 24.3 Å². The molecule has 0 spiro atoms. The minimum atomic E-state index is -1.26. The SMILES string of the molecule is O=C(NCc1ccc(C2CC(C(=O)ON3C(=O)CCC3=O)CS2)cc1)c1ccc(-c2c3ccc(=O)cc-3oc3cc(O)ccc23)c(C(=O)O)c1. The van der Waals surface area contributed by atoms with E-state index in [9.17, 15) is 39.0 Å². The Morgan fingerprint density at radius 3 is 2.38 bits per heavy atom. The molecule has 3 aromatic rings. The maximum atomic E-state index is 13.2. The van der Waals surface area contributed by atoms with E-state index < -0.39 is 35.6 Å². The highest BCUT2D eigenvalue weighted by atomic mass is 32.2. The first-order valence-corrected chi connectivity index (χ1v) is 16.7. The van der Waals surface area contributed by atoms with Crippen LogP contribution in [0.1, 0.15) is 56.4 Å². The smallest absolute Gasteiger partial charge is 0.337 e. The Labute approximate surface area is 287 Å². The van der Waals surface area contributed by atoms with E-state index in [1.165, 1.54) is 36.4 Å². The van der Waals surface area contributed by atoms with Gasteiger partial charge in [-0.1, -0.05) is 30.3 Å². The topological polar surface area (TPSA) is 181 Å². The van der Waals surface area contributed by atoms with Crippen LogP contribution in [0.15, 0.2) is 88.1 Å². The van der Waals surface area contributed by atoms with Gasteiger partial charge in [-0.05, 0) is 59.5 Å². The quantitative estimate of drug-likeness (QED) is 0.142. The second-order valence-electron chi connectivity index (χ2n) is 12.1. The Kier molecular flexibility index (Phi) is 8.58. The van der Waals surface area contributed by atoms with Crippen LogP contribution in [0.3, 0.4) is 0 Å². The van der Waals surface area contributed by atoms with Gasteiger partial charge in [0.1, 0.15) is 17.1 Å². The average molecular weight is 693 g/mol. The van der Waals surface area contributed by atoms with Crippen LogP contribution in [-0.4, -0.2) is 50.7 Å². The molecule has 13 heteroatoms. The Morgan fingerprint density at radius 1 is 0.900 bits per heavy atom. The number of phenolic OH excluding ortho intramolecular Hbond substituents is 1. The second kappa shape index (κ2) is 13.2. The minimum Gasteiger partial charge on any atom is -0.508 e. The summed E-state index contributed by atoms with van der Waals surface area (Å²) in [4.78, 5) is 79.1. The number of amides is 3. The van der Waals surface area contributed by atoms with Gasteiger partial charge in [-0.2, -0.15) is 11.8 Å². The summed E-state index contributed by atoms with van der Waals surface area (Å²) in [6.45, 7) is 0.171. The summed E-state index contributed by atoms with van der Waals surface area (Å²) in [6, 6.07) is 20.5. The number of aromatic carboxylic acids is 1. The van der Waals surface area contributed by atoms with Crippen LogP contribution in [0.2, 0.25) is 0 Å². The van der Waals surface area contributed by atoms with Gasteiger partial charge in [0.2, 0.25) is 0 Å². The van der Waals surface area contributed by atoms with E-state index in [2.05, 4.69) is 5.32 Å². The van der Waals surface area contributed by atoms with Gasteiger partial charge in [-0.3, -0.25) is 19.2 Å². The van der Waals surface area contributed by atoms with Crippen molar-refractivity contribution in [2.75, 3.05) is 5.75 Å². The Morgan fingerprint density at radius 2 is 1.64 bits per heavy atom. The third-order valence-corrected chi connectivity index (χ3v) is 10.2. The van der Waals surface area contributed by atoms with Gasteiger partial charge in [-0.25, -0.2) is 9.59 Å². The highest BCUT2D eigenvalue weighted by Crippen LogP contribution is 2.44. The van der Waals surface area contributed by atoms with Crippen LogP contribution in [-0.2, 0) is 25.8 Å². The summed E-state index contributed by atoms with van der Waals surface area (Å²) in [7, 11) is 0. The Balaban J connectivity index is 1.05. The van der Waals surface area contributed by atoms with Gasteiger partial charge in [0, 0.05) is 64.6 Å². The van der Waals surface area contributed by atoms with Gasteiger partial charge in [0.25, 0.3) is 17.7 Å². The standard InChI is InChI=1S/C37H28N2O10S/c40-23-6-9-26-29(15-23)48-30-16-24(41)7-10-27(30)34(26)25-8-5-21(13-28(25)36(45)46)35(44)38-17-19-1-3-20(4-2-19)31-14-22(18-50-31)37(47)49-39-32(42)11-12-33(39)43/h1-10,13,15-16,22,31,40H,11-12,14,17-18H2,(H,38,44)(H,45,46). The van der Waals surface area contributed by atoms with Crippen molar-refractivity contribution in [3.05, 3.63) is 111 Å². The number of carbonyl (C=O) groups excluding carboxylic acids is 4. The van der Waals surface area contributed by atoms with Gasteiger partial charge in [0.05, 0.1) is 11.5 Å². The molecule has 1 aliphatic carbocycles. The number of thioether (sulfide) groups is 1. The number of fused-ring (bicyclic) bond motifs is 2. The monoisotopic (exact) mass is 692 g/mol. The third-order valence-electron chi connectivity index (χ3n) is 8.78. The number of rotatable bonds is 8. The summed E-state index contributed by atoms with van der Waals surface area (Å²) in [5, 5.41) is 24.2. The maximum absolute atomic E-state index is 13.2. The highest BCUT2D eigenvalue weighted by Gasteiger charge is 2.38. The van der Waals surface area contributed by atoms with Gasteiger partial charge in [0.15, 0.2) is 5.43 Å². The zero-order valence-corrected chi connectivity index (χ0v) is 27.0. The van der Waals surface area contributed by atoms with Crippen LogP contribution in [0.5, 0.6) is 5.75 Å². The lowest BCUT2D eigenvalue weighted by atomic mass is 9.90. The van der Waals surface area contributed by atoms with Crippen molar-refractivity contribution in [2.24, 2.45) is 5.92 Å². The molecule has 0 saturated carbocycles. The zero-order valence-electron chi connectivity index (χ0n) is 26.2. The molecule has 3 amide bonds. The van der Waals surface area contributed by atoms with Crippen LogP contribution >= 0.6 is 11.8 Å². The largest absolute Gasteiger partial charge is 0.508 e. The first kappa shape index (κ1) is 32.6. The Bertz CT molecular complexity index is 2230. The van der Waals surface area contributed by atoms with Crippen molar-refractivity contribution >= 4 is 52.4 Å². The van der Waals surface area contributed by atoms with E-state index in [4.69, 9.17) is 9.25 Å². The second-order valence-corrected chi connectivity index (χ2v) is 13.3. The van der Waals surface area contributed by atoms with Crippen molar-refractivity contribution < 1.29 is 43.4 Å². The number of nitrogens with zero attached hydrogens (tertiary/aromatic N) is 1. The molecule has 7 rings (SSSR count). The fraction of sp³-hybridized carbons (Fsp3) is 0.189. The fourth-order valence-corrected chi connectivity index (χ4v) is 7.66. The molecule has 252 valence electrons. The lowest BCUT2D eigenvalue weighted by molar-refractivity contribution is -0.200. The number of aromatic hydroxyl groups is 1. The normalized spacial score (nSPS) is 17.4. The van der Waals surface area contributed by atoms with Crippen molar-refractivity contribution in [1.82, 2.24) is 10.4 Å². The first-order valence-electron chi connectivity index (χ1n) is 15.7. The molecule has 0 bridgehead atoms. The number of carboxylic acid groups (broad SMARTS) is 1. The van der Waals surface area contributed by atoms with E-state index in [0.717, 1.165) is 11.1 Å².